The summed E-state index contributed by atoms with van der Waals surface area (Å²) >= 11 is 1.36. The molecular formula is C11H14N4O2S. The van der Waals surface area contributed by atoms with Crippen molar-refractivity contribution in [1.82, 2.24) is 20.1 Å². The van der Waals surface area contributed by atoms with Crippen molar-refractivity contribution in [2.24, 2.45) is 7.05 Å². The van der Waals surface area contributed by atoms with E-state index in [4.69, 9.17) is 4.42 Å². The van der Waals surface area contributed by atoms with Crippen LogP contribution in [0.4, 0.5) is 0 Å². The molecule has 2 aromatic heterocycles. The second-order valence-corrected chi connectivity index (χ2v) is 4.68. The fourth-order valence-electron chi connectivity index (χ4n) is 1.29. The Morgan fingerprint density at radius 3 is 3.00 bits per heavy atom. The molecule has 0 bridgehead atoms. The molecule has 2 rings (SSSR count). The predicted molar refractivity (Wildman–Crippen MR) is 67.0 cm³/mol. The van der Waals surface area contributed by atoms with Crippen molar-refractivity contribution < 1.29 is 9.21 Å². The smallest absolute Gasteiger partial charge is 0.230 e. The minimum Gasteiger partial charge on any atom is -0.467 e. The third-order valence-electron chi connectivity index (χ3n) is 2.42. The Morgan fingerprint density at radius 2 is 2.39 bits per heavy atom. The molecule has 2 heterocycles. The lowest BCUT2D eigenvalue weighted by molar-refractivity contribution is -0.118. The molecule has 6 nitrogen and oxygen atoms in total. The second-order valence-electron chi connectivity index (χ2n) is 3.73. The first-order valence-electron chi connectivity index (χ1n) is 5.44. The van der Waals surface area contributed by atoms with Gasteiger partial charge in [0.05, 0.1) is 18.6 Å². The van der Waals surface area contributed by atoms with E-state index < -0.39 is 0 Å². The minimum absolute atomic E-state index is 0.0583. The summed E-state index contributed by atoms with van der Waals surface area (Å²) in [6, 6.07) is 3.61. The standard InChI is InChI=1S/C11H14N4O2S/c1-8-13-14-11(15(8)2)18-7-10(16)12-6-9-4-3-5-17-9/h3-5H,6-7H2,1-2H3,(H,12,16). The number of hydrogen-bond donors (Lipinski definition) is 1. The Hall–Kier alpha value is -1.76. The lowest BCUT2D eigenvalue weighted by atomic mass is 10.4. The Balaban J connectivity index is 1.76. The number of nitrogens with zero attached hydrogens (tertiary/aromatic N) is 3. The molecule has 1 N–H and O–H groups in total. The summed E-state index contributed by atoms with van der Waals surface area (Å²) in [7, 11) is 1.87. The molecular weight excluding hydrogens is 252 g/mol. The van der Waals surface area contributed by atoms with Crippen LogP contribution in [0.2, 0.25) is 0 Å². The van der Waals surface area contributed by atoms with Gasteiger partial charge in [0.25, 0.3) is 0 Å². The van der Waals surface area contributed by atoms with Crippen molar-refractivity contribution >= 4 is 17.7 Å². The summed E-state index contributed by atoms with van der Waals surface area (Å²) in [5.41, 5.74) is 0. The van der Waals surface area contributed by atoms with Gasteiger partial charge in [-0.1, -0.05) is 11.8 Å². The number of thioether (sulfide) groups is 1. The van der Waals surface area contributed by atoms with Gasteiger partial charge < -0.3 is 14.3 Å². The summed E-state index contributed by atoms with van der Waals surface area (Å²) in [4.78, 5) is 11.6. The molecule has 7 heteroatoms. The van der Waals surface area contributed by atoms with Gasteiger partial charge >= 0.3 is 0 Å². The van der Waals surface area contributed by atoms with Crippen LogP contribution >= 0.6 is 11.8 Å². The predicted octanol–water partition coefficient (Wildman–Crippen LogP) is 1.13. The highest BCUT2D eigenvalue weighted by Gasteiger charge is 2.09. The number of aromatic nitrogens is 3. The van der Waals surface area contributed by atoms with Crippen LogP contribution in [0.25, 0.3) is 0 Å². The number of carbonyl (C=O) groups excluding carboxylic acids is 1. The quantitative estimate of drug-likeness (QED) is 0.821. The summed E-state index contributed by atoms with van der Waals surface area (Å²) < 4.78 is 6.97. The van der Waals surface area contributed by atoms with Crippen LogP contribution in [0.3, 0.4) is 0 Å². The van der Waals surface area contributed by atoms with Crippen LogP contribution in [0.15, 0.2) is 28.0 Å². The van der Waals surface area contributed by atoms with Crippen molar-refractivity contribution in [2.75, 3.05) is 5.75 Å². The molecule has 18 heavy (non-hydrogen) atoms. The lowest BCUT2D eigenvalue weighted by Gasteiger charge is -2.03. The lowest BCUT2D eigenvalue weighted by Crippen LogP contribution is -2.24. The van der Waals surface area contributed by atoms with Gasteiger partial charge in [0.1, 0.15) is 11.6 Å². The maximum Gasteiger partial charge on any atom is 0.230 e. The first-order valence-corrected chi connectivity index (χ1v) is 6.43. The van der Waals surface area contributed by atoms with Gasteiger partial charge in [-0.2, -0.15) is 0 Å². The van der Waals surface area contributed by atoms with Crippen molar-refractivity contribution in [3.05, 3.63) is 30.0 Å². The zero-order chi connectivity index (χ0) is 13.0. The fraction of sp³-hybridized carbons (Fsp3) is 0.364. The van der Waals surface area contributed by atoms with Crippen molar-refractivity contribution in [1.29, 1.82) is 0 Å². The van der Waals surface area contributed by atoms with Gasteiger partial charge in [0.2, 0.25) is 5.91 Å². The van der Waals surface area contributed by atoms with E-state index in [2.05, 4.69) is 15.5 Å². The normalized spacial score (nSPS) is 10.6. The topological polar surface area (TPSA) is 73.0 Å². The molecule has 96 valence electrons. The Kier molecular flexibility index (Phi) is 4.03. The van der Waals surface area contributed by atoms with Gasteiger partial charge in [-0.15, -0.1) is 10.2 Å². The summed E-state index contributed by atoms with van der Waals surface area (Å²) in [6.07, 6.45) is 1.58. The molecule has 1 amide bonds. The molecule has 0 saturated carbocycles. The number of hydrogen-bond acceptors (Lipinski definition) is 5. The minimum atomic E-state index is -0.0583. The molecule has 2 aromatic rings. The maximum atomic E-state index is 11.6. The average molecular weight is 266 g/mol. The Bertz CT molecular complexity index is 521. The van der Waals surface area contributed by atoms with Gasteiger partial charge in [-0.05, 0) is 19.1 Å². The average Bonchev–Trinajstić information content (AvgIpc) is 2.97. The van der Waals surface area contributed by atoms with E-state index in [1.54, 1.807) is 12.3 Å². The van der Waals surface area contributed by atoms with Gasteiger partial charge in [-0.3, -0.25) is 4.79 Å². The summed E-state index contributed by atoms with van der Waals surface area (Å²) in [6.45, 7) is 2.28. The molecule has 0 aromatic carbocycles. The molecule has 0 spiro atoms. The van der Waals surface area contributed by atoms with E-state index in [9.17, 15) is 4.79 Å². The highest BCUT2D eigenvalue weighted by molar-refractivity contribution is 7.99. The molecule has 0 atom stereocenters. The van der Waals surface area contributed by atoms with Gasteiger partial charge in [-0.25, -0.2) is 0 Å². The molecule has 0 unspecified atom stereocenters. The number of amides is 1. The van der Waals surface area contributed by atoms with Crippen LogP contribution in [-0.2, 0) is 18.4 Å². The number of nitrogens with one attached hydrogen (secondary N) is 1. The van der Waals surface area contributed by atoms with E-state index >= 15 is 0 Å². The fourth-order valence-corrected chi connectivity index (χ4v) is 2.08. The second kappa shape index (κ2) is 5.72. The third kappa shape index (κ3) is 3.13. The Labute approximate surface area is 109 Å². The van der Waals surface area contributed by atoms with Gasteiger partial charge in [0.15, 0.2) is 5.16 Å². The van der Waals surface area contributed by atoms with Crippen molar-refractivity contribution in [3.8, 4) is 0 Å². The molecule has 0 saturated heterocycles. The first-order chi connectivity index (χ1) is 8.66. The van der Waals surface area contributed by atoms with E-state index in [1.807, 2.05) is 24.6 Å². The molecule has 0 radical (unpaired) electrons. The van der Waals surface area contributed by atoms with E-state index in [0.717, 1.165) is 16.7 Å². The summed E-state index contributed by atoms with van der Waals surface area (Å²) in [5, 5.41) is 11.4. The van der Waals surface area contributed by atoms with E-state index in [1.165, 1.54) is 11.8 Å². The summed E-state index contributed by atoms with van der Waals surface area (Å²) in [5.74, 6) is 1.82. The zero-order valence-corrected chi connectivity index (χ0v) is 11.0. The maximum absolute atomic E-state index is 11.6. The molecule has 0 fully saturated rings. The molecule has 0 aliphatic carbocycles. The number of furan rings is 1. The molecule has 0 aliphatic rings. The third-order valence-corrected chi connectivity index (χ3v) is 3.45. The highest BCUT2D eigenvalue weighted by Crippen LogP contribution is 2.14. The van der Waals surface area contributed by atoms with Crippen LogP contribution in [0.5, 0.6) is 0 Å². The van der Waals surface area contributed by atoms with Crippen LogP contribution in [-0.4, -0.2) is 26.4 Å². The SMILES string of the molecule is Cc1nnc(SCC(=O)NCc2ccco2)n1C. The first kappa shape index (κ1) is 12.7. The van der Waals surface area contributed by atoms with Crippen LogP contribution < -0.4 is 5.32 Å². The monoisotopic (exact) mass is 266 g/mol. The van der Waals surface area contributed by atoms with Crippen molar-refractivity contribution in [2.45, 2.75) is 18.6 Å². The largest absolute Gasteiger partial charge is 0.467 e. The number of rotatable bonds is 5. The van der Waals surface area contributed by atoms with E-state index in [0.29, 0.717) is 12.3 Å². The Morgan fingerprint density at radius 1 is 1.56 bits per heavy atom. The van der Waals surface area contributed by atoms with Crippen LogP contribution in [0, 0.1) is 6.92 Å². The van der Waals surface area contributed by atoms with E-state index in [-0.39, 0.29) is 5.91 Å². The van der Waals surface area contributed by atoms with Crippen LogP contribution in [0.1, 0.15) is 11.6 Å². The number of aryl methyl sites for hydroxylation is 1. The highest BCUT2D eigenvalue weighted by atomic mass is 32.2. The zero-order valence-electron chi connectivity index (χ0n) is 10.2. The van der Waals surface area contributed by atoms with Crippen molar-refractivity contribution in [3.63, 3.8) is 0 Å². The van der Waals surface area contributed by atoms with Gasteiger partial charge in [0, 0.05) is 7.05 Å². The molecule has 0 aliphatic heterocycles. The number of carbonyl (C=O) groups is 1.